The summed E-state index contributed by atoms with van der Waals surface area (Å²) in [6.07, 6.45) is 0. The third kappa shape index (κ3) is 5.34. The lowest BCUT2D eigenvalue weighted by Crippen LogP contribution is -2.26. The molecule has 1 spiro atoms. The third-order valence-electron chi connectivity index (χ3n) is 15.3. The van der Waals surface area contributed by atoms with Crippen molar-refractivity contribution in [2.75, 3.05) is 4.90 Å². The van der Waals surface area contributed by atoms with Gasteiger partial charge in [0.2, 0.25) is 0 Å². The molecule has 2 aliphatic rings. The molecular weight excluding hydrogens is 847 g/mol. The molecule has 0 unspecified atom stereocenters. The Morgan fingerprint density at radius 3 is 1.49 bits per heavy atom. The zero-order valence-electron chi connectivity index (χ0n) is 38.2. The van der Waals surface area contributed by atoms with Crippen LogP contribution < -0.4 is 4.90 Å². The van der Waals surface area contributed by atoms with Crippen molar-refractivity contribution in [1.82, 2.24) is 9.13 Å². The fraction of sp³-hybridized carbons (Fsp3) is 0.0149. The van der Waals surface area contributed by atoms with E-state index in [1.807, 2.05) is 0 Å². The number of para-hydroxylation sites is 4. The van der Waals surface area contributed by atoms with Crippen LogP contribution in [0, 0.1) is 0 Å². The molecule has 0 atom stereocenters. The van der Waals surface area contributed by atoms with Crippen LogP contribution in [0.5, 0.6) is 0 Å². The van der Waals surface area contributed by atoms with Crippen LogP contribution in [0.1, 0.15) is 22.3 Å². The summed E-state index contributed by atoms with van der Waals surface area (Å²) >= 11 is 0. The van der Waals surface area contributed by atoms with Crippen LogP contribution in [0.3, 0.4) is 0 Å². The van der Waals surface area contributed by atoms with Gasteiger partial charge in [0.25, 0.3) is 0 Å². The zero-order chi connectivity index (χ0) is 45.9. The van der Waals surface area contributed by atoms with Crippen LogP contribution in [-0.4, -0.2) is 9.13 Å². The maximum absolute atomic E-state index is 2.45. The van der Waals surface area contributed by atoms with Crippen molar-refractivity contribution in [2.45, 2.75) is 5.41 Å². The predicted octanol–water partition coefficient (Wildman–Crippen LogP) is 17.4. The molecule has 0 N–H and O–H groups in total. The Morgan fingerprint density at radius 1 is 0.286 bits per heavy atom. The lowest BCUT2D eigenvalue weighted by atomic mass is 9.70. The van der Waals surface area contributed by atoms with Crippen molar-refractivity contribution in [3.8, 4) is 44.8 Å². The standard InChI is InChI=1S/C67H43N3/c1-3-18-46(19-4-1)68(64-33-17-30-60-66(64)55-26-9-14-29-59(55)67(60)57-27-12-7-22-50(57)51-23-8-13-28-58(51)67)48-37-34-44(35-38-48)45-36-41-63-56(42-45)53-25-11-16-32-62(53)70(63)49-39-40-54-52-24-10-15-31-61(52)69(65(54)43-49)47-20-5-2-6-21-47/h1-43H. The van der Waals surface area contributed by atoms with Crippen LogP contribution in [0.2, 0.25) is 0 Å². The second-order valence-corrected chi connectivity index (χ2v) is 18.8. The van der Waals surface area contributed by atoms with Gasteiger partial charge >= 0.3 is 0 Å². The van der Waals surface area contributed by atoms with Crippen molar-refractivity contribution in [2.24, 2.45) is 0 Å². The molecule has 3 heteroatoms. The average molecular weight is 890 g/mol. The van der Waals surface area contributed by atoms with Gasteiger partial charge in [-0.3, -0.25) is 0 Å². The summed E-state index contributed by atoms with van der Waals surface area (Å²) in [6, 6.07) is 96.4. The summed E-state index contributed by atoms with van der Waals surface area (Å²) < 4.78 is 4.84. The van der Waals surface area contributed by atoms with E-state index in [0.717, 1.165) is 22.7 Å². The van der Waals surface area contributed by atoms with Crippen molar-refractivity contribution < 1.29 is 0 Å². The molecule has 15 rings (SSSR count). The van der Waals surface area contributed by atoms with Crippen LogP contribution in [0.25, 0.3) is 88.4 Å². The van der Waals surface area contributed by atoms with Gasteiger partial charge in [0.1, 0.15) is 0 Å². The molecule has 0 fully saturated rings. The van der Waals surface area contributed by atoms with Gasteiger partial charge in [-0.15, -0.1) is 0 Å². The number of benzene rings is 11. The molecule has 3 nitrogen and oxygen atoms in total. The summed E-state index contributed by atoms with van der Waals surface area (Å²) in [4.78, 5) is 2.45. The molecule has 0 amide bonds. The molecule has 0 bridgehead atoms. The Morgan fingerprint density at radius 2 is 0.786 bits per heavy atom. The minimum Gasteiger partial charge on any atom is -0.310 e. The minimum atomic E-state index is -0.419. The number of anilines is 3. The molecule has 2 heterocycles. The van der Waals surface area contributed by atoms with E-state index in [0.29, 0.717) is 0 Å². The highest BCUT2D eigenvalue weighted by Crippen LogP contribution is 2.64. The van der Waals surface area contributed by atoms with E-state index in [1.54, 1.807) is 0 Å². The van der Waals surface area contributed by atoms with Gasteiger partial charge in [0, 0.05) is 49.9 Å². The van der Waals surface area contributed by atoms with E-state index in [-0.39, 0.29) is 0 Å². The Balaban J connectivity index is 0.863. The van der Waals surface area contributed by atoms with Crippen molar-refractivity contribution >= 4 is 60.7 Å². The number of rotatable bonds is 6. The number of hydrogen-bond donors (Lipinski definition) is 0. The summed E-state index contributed by atoms with van der Waals surface area (Å²) in [5, 5.41) is 4.97. The Hall–Kier alpha value is -9.18. The summed E-state index contributed by atoms with van der Waals surface area (Å²) in [5.41, 5.74) is 22.9. The Bertz CT molecular complexity index is 4190. The van der Waals surface area contributed by atoms with E-state index >= 15 is 0 Å². The first-order valence-corrected chi connectivity index (χ1v) is 24.3. The molecule has 70 heavy (non-hydrogen) atoms. The van der Waals surface area contributed by atoms with Crippen LogP contribution in [0.4, 0.5) is 17.1 Å². The fourth-order valence-electron chi connectivity index (χ4n) is 12.5. The smallest absolute Gasteiger partial charge is 0.0726 e. The topological polar surface area (TPSA) is 13.1 Å². The molecule has 0 saturated carbocycles. The van der Waals surface area contributed by atoms with Crippen LogP contribution in [-0.2, 0) is 5.41 Å². The zero-order valence-corrected chi connectivity index (χ0v) is 38.2. The minimum absolute atomic E-state index is 0.419. The molecular formula is C67H43N3. The first-order chi connectivity index (χ1) is 34.8. The first-order valence-electron chi connectivity index (χ1n) is 24.3. The fourth-order valence-corrected chi connectivity index (χ4v) is 12.5. The Kier molecular flexibility index (Phi) is 8.28. The summed E-state index contributed by atoms with van der Waals surface area (Å²) in [6.45, 7) is 0. The first kappa shape index (κ1) is 38.9. The van der Waals surface area contributed by atoms with Crippen LogP contribution in [0.15, 0.2) is 261 Å². The van der Waals surface area contributed by atoms with Gasteiger partial charge < -0.3 is 14.0 Å². The number of aromatic nitrogens is 2. The van der Waals surface area contributed by atoms with E-state index in [2.05, 4.69) is 275 Å². The molecule has 0 aliphatic heterocycles. The SMILES string of the molecule is c1ccc(N(c2ccc(-c3ccc4c(c3)c3ccccc3n4-c3ccc4c5ccccc5n(-c5ccccc5)c4c3)cc2)c2cccc3c2-c2ccccc2C32c3ccccc3-c3ccccc32)cc1. The van der Waals surface area contributed by atoms with Crippen molar-refractivity contribution in [3.05, 3.63) is 283 Å². The summed E-state index contributed by atoms with van der Waals surface area (Å²) in [5.74, 6) is 0. The molecule has 11 aromatic carbocycles. The van der Waals surface area contributed by atoms with E-state index < -0.39 is 5.41 Å². The van der Waals surface area contributed by atoms with Gasteiger partial charge in [-0.1, -0.05) is 182 Å². The predicted molar refractivity (Wildman–Crippen MR) is 292 cm³/mol. The average Bonchev–Trinajstić information content (AvgIpc) is 4.14. The molecule has 0 saturated heterocycles. The van der Waals surface area contributed by atoms with Crippen molar-refractivity contribution in [1.29, 1.82) is 0 Å². The lowest BCUT2D eigenvalue weighted by Gasteiger charge is -2.31. The molecule has 13 aromatic rings. The Labute approximate surface area is 406 Å². The highest BCUT2D eigenvalue weighted by molar-refractivity contribution is 6.13. The van der Waals surface area contributed by atoms with Gasteiger partial charge in [0.15, 0.2) is 0 Å². The lowest BCUT2D eigenvalue weighted by molar-refractivity contribution is 0.794. The number of nitrogens with zero attached hydrogens (tertiary/aromatic N) is 3. The van der Waals surface area contributed by atoms with Gasteiger partial charge in [-0.25, -0.2) is 0 Å². The molecule has 2 aliphatic carbocycles. The highest BCUT2D eigenvalue weighted by atomic mass is 15.1. The van der Waals surface area contributed by atoms with Gasteiger partial charge in [0.05, 0.1) is 33.2 Å². The molecule has 2 aromatic heterocycles. The molecule has 0 radical (unpaired) electrons. The summed E-state index contributed by atoms with van der Waals surface area (Å²) in [7, 11) is 0. The monoisotopic (exact) mass is 889 g/mol. The normalized spacial score (nSPS) is 13.0. The third-order valence-corrected chi connectivity index (χ3v) is 15.3. The van der Waals surface area contributed by atoms with Gasteiger partial charge in [-0.2, -0.15) is 0 Å². The van der Waals surface area contributed by atoms with E-state index in [4.69, 9.17) is 0 Å². The van der Waals surface area contributed by atoms with Crippen molar-refractivity contribution in [3.63, 3.8) is 0 Å². The maximum Gasteiger partial charge on any atom is 0.0726 e. The second-order valence-electron chi connectivity index (χ2n) is 18.8. The highest BCUT2D eigenvalue weighted by Gasteiger charge is 2.52. The van der Waals surface area contributed by atoms with E-state index in [9.17, 15) is 0 Å². The number of fused-ring (bicyclic) bond motifs is 16. The van der Waals surface area contributed by atoms with Crippen LogP contribution >= 0.6 is 0 Å². The van der Waals surface area contributed by atoms with Gasteiger partial charge in [-0.05, 0) is 129 Å². The second kappa shape index (κ2) is 14.9. The quantitative estimate of drug-likeness (QED) is 0.162. The number of hydrogen-bond acceptors (Lipinski definition) is 1. The largest absolute Gasteiger partial charge is 0.310 e. The van der Waals surface area contributed by atoms with E-state index in [1.165, 1.54) is 105 Å². The molecule has 326 valence electrons. The maximum atomic E-state index is 2.45.